The Labute approximate surface area is 78.2 Å². The zero-order valence-electron chi connectivity index (χ0n) is 7.42. The fourth-order valence-corrected chi connectivity index (χ4v) is 3.82. The zero-order valence-corrected chi connectivity index (χ0v) is 8.24. The summed E-state index contributed by atoms with van der Waals surface area (Å²) in [4.78, 5) is 0. The number of hydrogen-bond acceptors (Lipinski definition) is 3. The van der Waals surface area contributed by atoms with Crippen LogP contribution in [0.2, 0.25) is 0 Å². The standard InChI is InChI=1S/C9H17NOS/c10-5-8-1-4-12-7-9(8)2-3-11-6-9/h8H,1-7,10H2. The summed E-state index contributed by atoms with van der Waals surface area (Å²) in [6.45, 7) is 2.77. The Morgan fingerprint density at radius 2 is 2.50 bits per heavy atom. The first-order valence-electron chi connectivity index (χ1n) is 4.73. The molecule has 2 heterocycles. The second kappa shape index (κ2) is 3.56. The molecule has 3 heteroatoms. The molecule has 2 N–H and O–H groups in total. The first-order chi connectivity index (χ1) is 5.87. The van der Waals surface area contributed by atoms with Gasteiger partial charge < -0.3 is 10.5 Å². The van der Waals surface area contributed by atoms with Crippen molar-refractivity contribution < 1.29 is 4.74 Å². The molecule has 1 spiro atoms. The van der Waals surface area contributed by atoms with E-state index >= 15 is 0 Å². The normalized spacial score (nSPS) is 42.2. The van der Waals surface area contributed by atoms with E-state index in [4.69, 9.17) is 10.5 Å². The summed E-state index contributed by atoms with van der Waals surface area (Å²) in [6, 6.07) is 0. The van der Waals surface area contributed by atoms with Crippen molar-refractivity contribution in [2.75, 3.05) is 31.3 Å². The van der Waals surface area contributed by atoms with Crippen molar-refractivity contribution in [2.45, 2.75) is 12.8 Å². The Balaban J connectivity index is 2.07. The van der Waals surface area contributed by atoms with E-state index in [1.54, 1.807) is 0 Å². The highest BCUT2D eigenvalue weighted by Gasteiger charge is 2.43. The average Bonchev–Trinajstić information content (AvgIpc) is 2.55. The highest BCUT2D eigenvalue weighted by Crippen LogP contribution is 2.44. The molecule has 0 saturated carbocycles. The molecule has 12 heavy (non-hydrogen) atoms. The fraction of sp³-hybridized carbons (Fsp3) is 1.00. The van der Waals surface area contributed by atoms with Crippen molar-refractivity contribution in [1.29, 1.82) is 0 Å². The Kier molecular flexibility index (Phi) is 2.63. The van der Waals surface area contributed by atoms with Crippen molar-refractivity contribution in [3.63, 3.8) is 0 Å². The van der Waals surface area contributed by atoms with Crippen LogP contribution in [0.5, 0.6) is 0 Å². The van der Waals surface area contributed by atoms with E-state index in [1.807, 2.05) is 0 Å². The molecule has 0 bridgehead atoms. The Morgan fingerprint density at radius 3 is 3.17 bits per heavy atom. The van der Waals surface area contributed by atoms with Crippen LogP contribution in [0.3, 0.4) is 0 Å². The number of thioether (sulfide) groups is 1. The van der Waals surface area contributed by atoms with Crippen LogP contribution in [-0.4, -0.2) is 31.3 Å². The van der Waals surface area contributed by atoms with E-state index in [9.17, 15) is 0 Å². The van der Waals surface area contributed by atoms with Crippen LogP contribution in [0.4, 0.5) is 0 Å². The lowest BCUT2D eigenvalue weighted by molar-refractivity contribution is 0.121. The third-order valence-corrected chi connectivity index (χ3v) is 4.59. The Morgan fingerprint density at radius 1 is 1.58 bits per heavy atom. The van der Waals surface area contributed by atoms with Crippen molar-refractivity contribution in [2.24, 2.45) is 17.1 Å². The Hall–Kier alpha value is 0.270. The molecule has 2 nitrogen and oxygen atoms in total. The molecule has 2 aliphatic rings. The van der Waals surface area contributed by atoms with Gasteiger partial charge in [0.05, 0.1) is 6.61 Å². The summed E-state index contributed by atoms with van der Waals surface area (Å²) >= 11 is 2.07. The van der Waals surface area contributed by atoms with Gasteiger partial charge in [-0.25, -0.2) is 0 Å². The monoisotopic (exact) mass is 187 g/mol. The van der Waals surface area contributed by atoms with Gasteiger partial charge in [0.2, 0.25) is 0 Å². The summed E-state index contributed by atoms with van der Waals surface area (Å²) in [5.74, 6) is 3.29. The van der Waals surface area contributed by atoms with E-state index in [-0.39, 0.29) is 0 Å². The molecule has 0 amide bonds. The molecule has 0 aromatic heterocycles. The smallest absolute Gasteiger partial charge is 0.0534 e. The van der Waals surface area contributed by atoms with E-state index in [2.05, 4.69) is 11.8 Å². The minimum absolute atomic E-state index is 0.456. The van der Waals surface area contributed by atoms with E-state index in [0.717, 1.165) is 25.7 Å². The van der Waals surface area contributed by atoms with Crippen molar-refractivity contribution >= 4 is 11.8 Å². The van der Waals surface area contributed by atoms with Gasteiger partial charge in [-0.1, -0.05) is 0 Å². The third-order valence-electron chi connectivity index (χ3n) is 3.28. The molecule has 0 aromatic carbocycles. The topological polar surface area (TPSA) is 35.2 Å². The average molecular weight is 187 g/mol. The molecular weight excluding hydrogens is 170 g/mol. The van der Waals surface area contributed by atoms with E-state index in [1.165, 1.54) is 24.3 Å². The maximum atomic E-state index is 5.79. The van der Waals surface area contributed by atoms with Crippen LogP contribution in [0.1, 0.15) is 12.8 Å². The first-order valence-corrected chi connectivity index (χ1v) is 5.88. The van der Waals surface area contributed by atoms with E-state index < -0.39 is 0 Å². The summed E-state index contributed by atoms with van der Waals surface area (Å²) in [7, 11) is 0. The van der Waals surface area contributed by atoms with Crippen LogP contribution in [-0.2, 0) is 4.74 Å². The van der Waals surface area contributed by atoms with Gasteiger partial charge in [-0.15, -0.1) is 0 Å². The van der Waals surface area contributed by atoms with Crippen LogP contribution >= 0.6 is 11.8 Å². The second-order valence-electron chi connectivity index (χ2n) is 3.94. The number of ether oxygens (including phenoxy) is 1. The van der Waals surface area contributed by atoms with Crippen molar-refractivity contribution in [3.05, 3.63) is 0 Å². The molecule has 0 aromatic rings. The minimum Gasteiger partial charge on any atom is -0.381 e. The van der Waals surface area contributed by atoms with Crippen LogP contribution in [0.15, 0.2) is 0 Å². The molecule has 2 fully saturated rings. The summed E-state index contributed by atoms with van der Waals surface area (Å²) in [5.41, 5.74) is 6.25. The molecule has 2 aliphatic heterocycles. The summed E-state index contributed by atoms with van der Waals surface area (Å²) in [5, 5.41) is 0. The maximum absolute atomic E-state index is 5.79. The number of rotatable bonds is 1. The minimum atomic E-state index is 0.456. The van der Waals surface area contributed by atoms with Gasteiger partial charge in [-0.05, 0) is 31.1 Å². The lowest BCUT2D eigenvalue weighted by Gasteiger charge is -2.39. The molecule has 2 saturated heterocycles. The molecule has 2 atom stereocenters. The van der Waals surface area contributed by atoms with Crippen molar-refractivity contribution in [3.8, 4) is 0 Å². The number of hydrogen-bond donors (Lipinski definition) is 1. The van der Waals surface area contributed by atoms with Crippen LogP contribution < -0.4 is 5.73 Å². The predicted molar refractivity (Wildman–Crippen MR) is 52.4 cm³/mol. The summed E-state index contributed by atoms with van der Waals surface area (Å²) < 4.78 is 5.50. The molecule has 70 valence electrons. The van der Waals surface area contributed by atoms with Crippen LogP contribution in [0, 0.1) is 11.3 Å². The number of nitrogens with two attached hydrogens (primary N) is 1. The largest absolute Gasteiger partial charge is 0.381 e. The highest BCUT2D eigenvalue weighted by molar-refractivity contribution is 7.99. The Bertz CT molecular complexity index is 157. The summed E-state index contributed by atoms with van der Waals surface area (Å²) in [6.07, 6.45) is 2.53. The van der Waals surface area contributed by atoms with E-state index in [0.29, 0.717) is 5.41 Å². The van der Waals surface area contributed by atoms with Gasteiger partial charge in [0.1, 0.15) is 0 Å². The molecule has 0 aliphatic carbocycles. The lowest BCUT2D eigenvalue weighted by Crippen LogP contribution is -2.41. The van der Waals surface area contributed by atoms with Gasteiger partial charge in [0.25, 0.3) is 0 Å². The third kappa shape index (κ3) is 1.38. The lowest BCUT2D eigenvalue weighted by atomic mass is 9.74. The zero-order chi connectivity index (χ0) is 8.44. The van der Waals surface area contributed by atoms with Gasteiger partial charge in [0.15, 0.2) is 0 Å². The quantitative estimate of drug-likeness (QED) is 0.668. The SMILES string of the molecule is NCC1CCSCC12CCOC2. The maximum Gasteiger partial charge on any atom is 0.0534 e. The van der Waals surface area contributed by atoms with Gasteiger partial charge in [-0.3, -0.25) is 0 Å². The molecule has 2 unspecified atom stereocenters. The fourth-order valence-electron chi connectivity index (χ4n) is 2.35. The van der Waals surface area contributed by atoms with Gasteiger partial charge in [0, 0.05) is 17.8 Å². The first kappa shape index (κ1) is 8.85. The molecule has 0 radical (unpaired) electrons. The predicted octanol–water partition coefficient (Wildman–Crippen LogP) is 1.10. The van der Waals surface area contributed by atoms with Crippen LogP contribution in [0.25, 0.3) is 0 Å². The van der Waals surface area contributed by atoms with Gasteiger partial charge in [-0.2, -0.15) is 11.8 Å². The molecular formula is C9H17NOS. The van der Waals surface area contributed by atoms with Crippen molar-refractivity contribution in [1.82, 2.24) is 0 Å². The highest BCUT2D eigenvalue weighted by atomic mass is 32.2. The second-order valence-corrected chi connectivity index (χ2v) is 5.04. The van der Waals surface area contributed by atoms with Gasteiger partial charge >= 0.3 is 0 Å². The molecule has 2 rings (SSSR count).